The van der Waals surface area contributed by atoms with E-state index >= 15 is 0 Å². The van der Waals surface area contributed by atoms with Crippen molar-refractivity contribution in [2.24, 2.45) is 5.92 Å². The second-order valence-corrected chi connectivity index (χ2v) is 4.48. The highest BCUT2D eigenvalue weighted by atomic mass is 19.1. The summed E-state index contributed by atoms with van der Waals surface area (Å²) in [4.78, 5) is 2.31. The van der Waals surface area contributed by atoms with E-state index in [2.05, 4.69) is 10.2 Å². The molecular formula is C12H15FN2. The van der Waals surface area contributed by atoms with Gasteiger partial charge < -0.3 is 10.2 Å². The van der Waals surface area contributed by atoms with E-state index in [-0.39, 0.29) is 5.82 Å². The summed E-state index contributed by atoms with van der Waals surface area (Å²) in [5.41, 5.74) is 2.11. The van der Waals surface area contributed by atoms with Crippen LogP contribution in [0.5, 0.6) is 0 Å². The van der Waals surface area contributed by atoms with E-state index in [0.29, 0.717) is 0 Å². The van der Waals surface area contributed by atoms with Crippen LogP contribution >= 0.6 is 0 Å². The lowest BCUT2D eigenvalue weighted by Gasteiger charge is -2.32. The minimum absolute atomic E-state index is 0.141. The van der Waals surface area contributed by atoms with Crippen molar-refractivity contribution in [2.45, 2.75) is 12.8 Å². The Morgan fingerprint density at radius 2 is 2.27 bits per heavy atom. The summed E-state index contributed by atoms with van der Waals surface area (Å²) in [6, 6.07) is 5.00. The molecule has 2 aliphatic rings. The number of rotatable bonds is 2. The molecule has 0 atom stereocenters. The lowest BCUT2D eigenvalue weighted by atomic mass is 10.2. The second kappa shape index (κ2) is 3.40. The third-order valence-corrected chi connectivity index (χ3v) is 3.17. The first-order valence-corrected chi connectivity index (χ1v) is 5.61. The fraction of sp³-hybridized carbons (Fsp3) is 0.500. The van der Waals surface area contributed by atoms with Gasteiger partial charge in [0.05, 0.1) is 11.4 Å². The first-order chi connectivity index (χ1) is 7.33. The van der Waals surface area contributed by atoms with E-state index in [1.54, 1.807) is 6.07 Å². The molecule has 1 aromatic carbocycles. The van der Waals surface area contributed by atoms with Crippen molar-refractivity contribution < 1.29 is 4.39 Å². The van der Waals surface area contributed by atoms with Crippen LogP contribution in [0, 0.1) is 11.7 Å². The molecule has 0 radical (unpaired) electrons. The van der Waals surface area contributed by atoms with Crippen LogP contribution < -0.4 is 10.2 Å². The monoisotopic (exact) mass is 206 g/mol. The van der Waals surface area contributed by atoms with Crippen LogP contribution in [0.3, 0.4) is 0 Å². The molecule has 1 saturated carbocycles. The first-order valence-electron chi connectivity index (χ1n) is 5.61. The van der Waals surface area contributed by atoms with E-state index in [0.717, 1.165) is 36.9 Å². The third kappa shape index (κ3) is 1.78. The highest BCUT2D eigenvalue weighted by molar-refractivity contribution is 5.72. The minimum atomic E-state index is -0.141. The molecule has 3 rings (SSSR count). The van der Waals surface area contributed by atoms with E-state index < -0.39 is 0 Å². The summed E-state index contributed by atoms with van der Waals surface area (Å²) in [7, 11) is 0. The molecule has 80 valence electrons. The number of halogens is 1. The Bertz CT molecular complexity index is 374. The standard InChI is InChI=1S/C12H15FN2/c13-10-3-4-11-12(7-10)15(6-5-14-11)8-9-1-2-9/h3-4,7,9,14H,1-2,5-6,8H2. The molecule has 0 bridgehead atoms. The minimum Gasteiger partial charge on any atom is -0.382 e. The number of hydrogen-bond donors (Lipinski definition) is 1. The molecule has 1 aliphatic carbocycles. The van der Waals surface area contributed by atoms with Crippen LogP contribution in [0.25, 0.3) is 0 Å². The number of hydrogen-bond acceptors (Lipinski definition) is 2. The maximum atomic E-state index is 13.2. The maximum Gasteiger partial charge on any atom is 0.125 e. The van der Waals surface area contributed by atoms with Gasteiger partial charge in [-0.15, -0.1) is 0 Å². The normalized spacial score (nSPS) is 19.7. The van der Waals surface area contributed by atoms with Crippen molar-refractivity contribution >= 4 is 11.4 Å². The molecule has 1 aliphatic heterocycles. The molecule has 0 amide bonds. The summed E-state index contributed by atoms with van der Waals surface area (Å²) in [6.07, 6.45) is 2.68. The van der Waals surface area contributed by atoms with Gasteiger partial charge in [-0.05, 0) is 37.0 Å². The van der Waals surface area contributed by atoms with Gasteiger partial charge in [0.25, 0.3) is 0 Å². The summed E-state index contributed by atoms with van der Waals surface area (Å²) in [6.45, 7) is 3.05. The van der Waals surface area contributed by atoms with E-state index in [1.807, 2.05) is 6.07 Å². The van der Waals surface area contributed by atoms with Gasteiger partial charge in [0.1, 0.15) is 5.82 Å². The van der Waals surface area contributed by atoms with E-state index in [9.17, 15) is 4.39 Å². The van der Waals surface area contributed by atoms with Crippen molar-refractivity contribution in [2.75, 3.05) is 29.9 Å². The molecule has 1 aromatic rings. The van der Waals surface area contributed by atoms with Gasteiger partial charge in [-0.25, -0.2) is 4.39 Å². The summed E-state index contributed by atoms with van der Waals surface area (Å²) in [5.74, 6) is 0.706. The first kappa shape index (κ1) is 9.01. The molecule has 0 saturated heterocycles. The Balaban J connectivity index is 1.89. The van der Waals surface area contributed by atoms with E-state index in [4.69, 9.17) is 0 Å². The van der Waals surface area contributed by atoms with Gasteiger partial charge in [-0.1, -0.05) is 0 Å². The predicted molar refractivity (Wildman–Crippen MR) is 59.8 cm³/mol. The Morgan fingerprint density at radius 3 is 3.07 bits per heavy atom. The Labute approximate surface area is 89.1 Å². The van der Waals surface area contributed by atoms with Crippen molar-refractivity contribution in [3.05, 3.63) is 24.0 Å². The third-order valence-electron chi connectivity index (χ3n) is 3.17. The number of fused-ring (bicyclic) bond motifs is 1. The highest BCUT2D eigenvalue weighted by Crippen LogP contribution is 2.35. The number of nitrogens with one attached hydrogen (secondary N) is 1. The zero-order chi connectivity index (χ0) is 10.3. The molecule has 3 heteroatoms. The summed E-state index contributed by atoms with van der Waals surface area (Å²) in [5, 5.41) is 3.31. The zero-order valence-corrected chi connectivity index (χ0v) is 8.67. The Hall–Kier alpha value is -1.25. The van der Waals surface area contributed by atoms with Gasteiger partial charge in [0, 0.05) is 19.6 Å². The average molecular weight is 206 g/mol. The predicted octanol–water partition coefficient (Wildman–Crippen LogP) is 2.47. The lowest BCUT2D eigenvalue weighted by molar-refractivity contribution is 0.624. The lowest BCUT2D eigenvalue weighted by Crippen LogP contribution is -2.35. The van der Waals surface area contributed by atoms with Crippen molar-refractivity contribution in [1.82, 2.24) is 0 Å². The van der Waals surface area contributed by atoms with Crippen molar-refractivity contribution in [3.63, 3.8) is 0 Å². The topological polar surface area (TPSA) is 15.3 Å². The van der Waals surface area contributed by atoms with Crippen LogP contribution in [-0.4, -0.2) is 19.6 Å². The fourth-order valence-electron chi connectivity index (χ4n) is 2.16. The van der Waals surface area contributed by atoms with Crippen LogP contribution in [0.15, 0.2) is 18.2 Å². The molecule has 0 aromatic heterocycles. The summed E-state index contributed by atoms with van der Waals surface area (Å²) >= 11 is 0. The number of nitrogens with zero attached hydrogens (tertiary/aromatic N) is 1. The van der Waals surface area contributed by atoms with Gasteiger partial charge in [-0.2, -0.15) is 0 Å². The Kier molecular flexibility index (Phi) is 2.04. The fourth-order valence-corrected chi connectivity index (χ4v) is 2.16. The molecule has 1 fully saturated rings. The van der Waals surface area contributed by atoms with E-state index in [1.165, 1.54) is 18.9 Å². The molecular weight excluding hydrogens is 191 g/mol. The SMILES string of the molecule is Fc1ccc2c(c1)N(CC1CC1)CCN2. The smallest absolute Gasteiger partial charge is 0.125 e. The Morgan fingerprint density at radius 1 is 1.40 bits per heavy atom. The maximum absolute atomic E-state index is 13.2. The zero-order valence-electron chi connectivity index (χ0n) is 8.67. The highest BCUT2D eigenvalue weighted by Gasteiger charge is 2.26. The molecule has 0 unspecified atom stereocenters. The quantitative estimate of drug-likeness (QED) is 0.799. The van der Waals surface area contributed by atoms with Crippen molar-refractivity contribution in [3.8, 4) is 0 Å². The number of benzene rings is 1. The van der Waals surface area contributed by atoms with Crippen LogP contribution in [0.4, 0.5) is 15.8 Å². The largest absolute Gasteiger partial charge is 0.382 e. The van der Waals surface area contributed by atoms with Crippen LogP contribution in [-0.2, 0) is 0 Å². The molecule has 1 heterocycles. The molecule has 1 N–H and O–H groups in total. The molecule has 0 spiro atoms. The van der Waals surface area contributed by atoms with Crippen LogP contribution in [0.2, 0.25) is 0 Å². The molecule has 2 nitrogen and oxygen atoms in total. The van der Waals surface area contributed by atoms with Crippen LogP contribution in [0.1, 0.15) is 12.8 Å². The second-order valence-electron chi connectivity index (χ2n) is 4.48. The van der Waals surface area contributed by atoms with Gasteiger partial charge in [0.2, 0.25) is 0 Å². The van der Waals surface area contributed by atoms with Crippen molar-refractivity contribution in [1.29, 1.82) is 0 Å². The summed E-state index contributed by atoms with van der Waals surface area (Å²) < 4.78 is 13.2. The van der Waals surface area contributed by atoms with Gasteiger partial charge in [0.15, 0.2) is 0 Å². The van der Waals surface area contributed by atoms with Gasteiger partial charge >= 0.3 is 0 Å². The molecule has 15 heavy (non-hydrogen) atoms. The van der Waals surface area contributed by atoms with Gasteiger partial charge in [-0.3, -0.25) is 0 Å². The average Bonchev–Trinajstić information content (AvgIpc) is 3.03. The number of anilines is 2.